The van der Waals surface area contributed by atoms with E-state index in [4.69, 9.17) is 15.0 Å². The van der Waals surface area contributed by atoms with Crippen molar-refractivity contribution < 1.29 is 0 Å². The second kappa shape index (κ2) is 11.9. The van der Waals surface area contributed by atoms with Crippen LogP contribution in [0.2, 0.25) is 0 Å². The number of hydrogen-bond donors (Lipinski definition) is 0. The van der Waals surface area contributed by atoms with Crippen LogP contribution in [0.3, 0.4) is 0 Å². The maximum Gasteiger partial charge on any atom is 0.179 e. The van der Waals surface area contributed by atoms with Gasteiger partial charge in [0, 0.05) is 38.4 Å². The van der Waals surface area contributed by atoms with Crippen molar-refractivity contribution in [1.82, 2.24) is 24.1 Å². The highest BCUT2D eigenvalue weighted by Gasteiger charge is 2.21. The Bertz CT molecular complexity index is 3010. The minimum Gasteiger partial charge on any atom is -0.309 e. The van der Waals surface area contributed by atoms with Crippen LogP contribution in [0.25, 0.3) is 89.2 Å². The van der Waals surface area contributed by atoms with Gasteiger partial charge in [-0.05, 0) is 60.7 Å². The first-order valence-electron chi connectivity index (χ1n) is 17.2. The van der Waals surface area contributed by atoms with Gasteiger partial charge >= 0.3 is 0 Å². The van der Waals surface area contributed by atoms with E-state index in [1.54, 1.807) is 0 Å². The van der Waals surface area contributed by atoms with Gasteiger partial charge in [-0.3, -0.25) is 4.57 Å². The van der Waals surface area contributed by atoms with Gasteiger partial charge in [-0.15, -0.1) is 0 Å². The molecule has 6 heteroatoms. The summed E-state index contributed by atoms with van der Waals surface area (Å²) in [5.41, 5.74) is 10.3. The van der Waals surface area contributed by atoms with Gasteiger partial charge in [-0.2, -0.15) is 5.26 Å². The Morgan fingerprint density at radius 3 is 1.81 bits per heavy atom. The summed E-state index contributed by atoms with van der Waals surface area (Å²) in [4.78, 5) is 15.4. The molecule has 0 atom stereocenters. The summed E-state index contributed by atoms with van der Waals surface area (Å²) in [6.07, 6.45) is 0. The third-order valence-corrected chi connectivity index (χ3v) is 9.78. The number of nitriles is 1. The molecule has 4 aromatic heterocycles. The zero-order chi connectivity index (χ0) is 34.6. The SMILES string of the molecule is N#Cc1ccc(-c2cc(-c3ccccc3)nc(-c3cccc(-n4c5ccccc5c5c4ccc4c6ccccc6n(-c6ccccc6)c45)n3)n2)cc1. The molecule has 6 aromatic carbocycles. The van der Waals surface area contributed by atoms with Crippen LogP contribution >= 0.6 is 0 Å². The van der Waals surface area contributed by atoms with E-state index >= 15 is 0 Å². The molecule has 0 spiro atoms. The first kappa shape index (κ1) is 29.5. The zero-order valence-electron chi connectivity index (χ0n) is 27.8. The maximum absolute atomic E-state index is 9.39. The second-order valence-corrected chi connectivity index (χ2v) is 12.8. The number of hydrogen-bond acceptors (Lipinski definition) is 4. The first-order chi connectivity index (χ1) is 25.7. The summed E-state index contributed by atoms with van der Waals surface area (Å²) in [5, 5.41) is 14.1. The van der Waals surface area contributed by atoms with E-state index in [2.05, 4.69) is 112 Å². The van der Waals surface area contributed by atoms with Crippen LogP contribution in [0, 0.1) is 11.3 Å². The highest BCUT2D eigenvalue weighted by atomic mass is 15.1. The average Bonchev–Trinajstić information content (AvgIpc) is 3.74. The number of rotatable bonds is 5. The summed E-state index contributed by atoms with van der Waals surface area (Å²) in [5.74, 6) is 1.30. The summed E-state index contributed by atoms with van der Waals surface area (Å²) < 4.78 is 4.64. The van der Waals surface area contributed by atoms with Crippen molar-refractivity contribution in [3.05, 3.63) is 175 Å². The van der Waals surface area contributed by atoms with Crippen LogP contribution < -0.4 is 0 Å². The predicted molar refractivity (Wildman–Crippen MR) is 210 cm³/mol. The average molecular weight is 665 g/mol. The molecule has 0 saturated carbocycles. The molecule has 0 aliphatic rings. The lowest BCUT2D eigenvalue weighted by atomic mass is 10.1. The number of pyridine rings is 1. The van der Waals surface area contributed by atoms with Crippen LogP contribution in [-0.4, -0.2) is 24.1 Å². The molecule has 0 saturated heterocycles. The monoisotopic (exact) mass is 664 g/mol. The Hall–Kier alpha value is -7.36. The molecule has 0 N–H and O–H groups in total. The van der Waals surface area contributed by atoms with Crippen molar-refractivity contribution in [2.24, 2.45) is 0 Å². The fourth-order valence-electron chi connectivity index (χ4n) is 7.46. The van der Waals surface area contributed by atoms with Crippen LogP contribution in [0.4, 0.5) is 0 Å². The van der Waals surface area contributed by atoms with Crippen molar-refractivity contribution in [2.75, 3.05) is 0 Å². The molecule has 0 fully saturated rings. The Morgan fingerprint density at radius 1 is 0.442 bits per heavy atom. The quantitative estimate of drug-likeness (QED) is 0.184. The minimum absolute atomic E-state index is 0.523. The van der Waals surface area contributed by atoms with Gasteiger partial charge in [0.1, 0.15) is 11.5 Å². The predicted octanol–water partition coefficient (Wildman–Crippen LogP) is 10.9. The van der Waals surface area contributed by atoms with Gasteiger partial charge in [-0.1, -0.05) is 109 Å². The molecule has 0 aliphatic carbocycles. The van der Waals surface area contributed by atoms with Crippen molar-refractivity contribution in [1.29, 1.82) is 5.26 Å². The van der Waals surface area contributed by atoms with Crippen LogP contribution in [0.15, 0.2) is 170 Å². The zero-order valence-corrected chi connectivity index (χ0v) is 27.8. The van der Waals surface area contributed by atoms with E-state index in [1.807, 2.05) is 72.8 Å². The fraction of sp³-hybridized carbons (Fsp3) is 0. The summed E-state index contributed by atoms with van der Waals surface area (Å²) in [6, 6.07) is 60.1. The molecule has 52 heavy (non-hydrogen) atoms. The van der Waals surface area contributed by atoms with Gasteiger partial charge in [-0.25, -0.2) is 15.0 Å². The molecule has 10 rings (SSSR count). The minimum atomic E-state index is 0.523. The summed E-state index contributed by atoms with van der Waals surface area (Å²) >= 11 is 0. The van der Waals surface area contributed by atoms with Crippen LogP contribution in [0.1, 0.15) is 5.56 Å². The van der Waals surface area contributed by atoms with Gasteiger partial charge in [0.25, 0.3) is 0 Å². The normalized spacial score (nSPS) is 11.4. The Kier molecular flexibility index (Phi) is 6.76. The molecule has 0 radical (unpaired) electrons. The number of aromatic nitrogens is 5. The highest BCUT2D eigenvalue weighted by molar-refractivity contribution is 6.26. The maximum atomic E-state index is 9.39. The lowest BCUT2D eigenvalue weighted by Gasteiger charge is -2.11. The van der Waals surface area contributed by atoms with Gasteiger partial charge < -0.3 is 4.57 Å². The summed E-state index contributed by atoms with van der Waals surface area (Å²) in [6.45, 7) is 0. The number of fused-ring (bicyclic) bond motifs is 7. The van der Waals surface area contributed by atoms with E-state index in [0.29, 0.717) is 17.1 Å². The van der Waals surface area contributed by atoms with Crippen molar-refractivity contribution in [3.8, 4) is 51.6 Å². The molecule has 0 amide bonds. The van der Waals surface area contributed by atoms with E-state index < -0.39 is 0 Å². The van der Waals surface area contributed by atoms with Crippen molar-refractivity contribution >= 4 is 43.6 Å². The standard InChI is InChI=1S/C46H28N6/c47-29-30-22-24-32(25-23-30)39-28-38(31-12-3-1-4-13-31)49-46(50-39)37-18-11-21-43(48-37)52-41-20-10-8-17-36(41)44-42(52)27-26-35-34-16-7-9-19-40(34)51(45(35)44)33-14-5-2-6-15-33/h1-28H. The summed E-state index contributed by atoms with van der Waals surface area (Å²) in [7, 11) is 0. The Morgan fingerprint density at radius 2 is 1.08 bits per heavy atom. The lowest BCUT2D eigenvalue weighted by Crippen LogP contribution is -2.01. The number of benzene rings is 6. The molecule has 6 nitrogen and oxygen atoms in total. The number of nitrogens with zero attached hydrogens (tertiary/aromatic N) is 6. The largest absolute Gasteiger partial charge is 0.309 e. The third-order valence-electron chi connectivity index (χ3n) is 9.78. The van der Waals surface area contributed by atoms with E-state index in [9.17, 15) is 5.26 Å². The highest BCUT2D eigenvalue weighted by Crippen LogP contribution is 2.42. The second-order valence-electron chi connectivity index (χ2n) is 12.8. The molecular formula is C46H28N6. The Balaban J connectivity index is 1.22. The smallest absolute Gasteiger partial charge is 0.179 e. The van der Waals surface area contributed by atoms with Crippen LogP contribution in [0.5, 0.6) is 0 Å². The van der Waals surface area contributed by atoms with E-state index in [0.717, 1.165) is 50.4 Å². The van der Waals surface area contributed by atoms with Gasteiger partial charge in [0.05, 0.1) is 45.1 Å². The third kappa shape index (κ3) is 4.68. The van der Waals surface area contributed by atoms with Crippen molar-refractivity contribution in [3.63, 3.8) is 0 Å². The van der Waals surface area contributed by atoms with E-state index in [-0.39, 0.29) is 0 Å². The lowest BCUT2D eigenvalue weighted by molar-refractivity contribution is 1.06. The van der Waals surface area contributed by atoms with Gasteiger partial charge in [0.2, 0.25) is 0 Å². The Labute approximate surface area is 299 Å². The molecule has 4 heterocycles. The van der Waals surface area contributed by atoms with Crippen LogP contribution in [-0.2, 0) is 0 Å². The molecule has 0 bridgehead atoms. The van der Waals surface area contributed by atoms with Gasteiger partial charge in [0.15, 0.2) is 5.82 Å². The molecular weight excluding hydrogens is 637 g/mol. The van der Waals surface area contributed by atoms with Crippen molar-refractivity contribution in [2.45, 2.75) is 0 Å². The number of para-hydroxylation sites is 3. The first-order valence-corrected chi connectivity index (χ1v) is 17.2. The molecule has 242 valence electrons. The topological polar surface area (TPSA) is 72.3 Å². The molecule has 0 aliphatic heterocycles. The van der Waals surface area contributed by atoms with E-state index in [1.165, 1.54) is 27.2 Å². The molecule has 10 aromatic rings. The fourth-order valence-corrected chi connectivity index (χ4v) is 7.46. The molecule has 0 unspecified atom stereocenters.